The summed E-state index contributed by atoms with van der Waals surface area (Å²) < 4.78 is 5.22. The van der Waals surface area contributed by atoms with Gasteiger partial charge in [0.1, 0.15) is 5.60 Å². The number of rotatable bonds is 3. The van der Waals surface area contributed by atoms with E-state index in [0.717, 1.165) is 25.7 Å². The molecule has 0 radical (unpaired) electrons. The summed E-state index contributed by atoms with van der Waals surface area (Å²) in [6.07, 6.45) is 3.25. The fraction of sp³-hybridized carbons (Fsp3) is 0.923. The van der Waals surface area contributed by atoms with Gasteiger partial charge in [0.05, 0.1) is 17.6 Å². The molecule has 0 heterocycles. The highest BCUT2D eigenvalue weighted by Crippen LogP contribution is 2.47. The SMILES string of the molecule is COC(C)C(C)(O)C1(C#N)CCC(C)CC1. The summed E-state index contributed by atoms with van der Waals surface area (Å²) in [4.78, 5) is 0. The van der Waals surface area contributed by atoms with Crippen LogP contribution in [0.2, 0.25) is 0 Å². The highest BCUT2D eigenvalue weighted by atomic mass is 16.5. The van der Waals surface area contributed by atoms with Gasteiger partial charge in [0.15, 0.2) is 0 Å². The molecule has 0 aromatic carbocycles. The number of hydrogen-bond donors (Lipinski definition) is 1. The highest BCUT2D eigenvalue weighted by molar-refractivity contribution is 5.13. The third kappa shape index (κ3) is 2.09. The third-order valence-electron chi connectivity index (χ3n) is 4.46. The lowest BCUT2D eigenvalue weighted by molar-refractivity contribution is -0.145. The lowest BCUT2D eigenvalue weighted by Gasteiger charge is -2.46. The maximum absolute atomic E-state index is 10.6. The topological polar surface area (TPSA) is 53.2 Å². The molecule has 0 amide bonds. The monoisotopic (exact) mass is 225 g/mol. The number of methoxy groups -OCH3 is 1. The van der Waals surface area contributed by atoms with E-state index in [4.69, 9.17) is 4.74 Å². The van der Waals surface area contributed by atoms with Crippen molar-refractivity contribution in [3.8, 4) is 6.07 Å². The van der Waals surface area contributed by atoms with Gasteiger partial charge in [-0.05, 0) is 45.4 Å². The van der Waals surface area contributed by atoms with E-state index in [2.05, 4.69) is 13.0 Å². The molecule has 0 saturated heterocycles. The number of nitrogens with zero attached hydrogens (tertiary/aromatic N) is 1. The number of nitriles is 1. The molecule has 16 heavy (non-hydrogen) atoms. The first-order valence-corrected chi connectivity index (χ1v) is 6.06. The standard InChI is InChI=1S/C13H23NO2/c1-10-5-7-13(9-14,8-6-10)12(3,15)11(2)16-4/h10-11,15H,5-8H2,1-4H3. The summed E-state index contributed by atoms with van der Waals surface area (Å²) >= 11 is 0. The zero-order chi connectivity index (χ0) is 12.4. The molecule has 1 N–H and O–H groups in total. The van der Waals surface area contributed by atoms with Gasteiger partial charge < -0.3 is 9.84 Å². The summed E-state index contributed by atoms with van der Waals surface area (Å²) in [7, 11) is 1.58. The van der Waals surface area contributed by atoms with Crippen LogP contribution in [0.15, 0.2) is 0 Å². The van der Waals surface area contributed by atoms with Crippen LogP contribution < -0.4 is 0 Å². The maximum atomic E-state index is 10.6. The van der Waals surface area contributed by atoms with Crippen molar-refractivity contribution in [2.75, 3.05) is 7.11 Å². The minimum Gasteiger partial charge on any atom is -0.386 e. The van der Waals surface area contributed by atoms with Gasteiger partial charge in [0.2, 0.25) is 0 Å². The molecule has 0 bridgehead atoms. The Morgan fingerprint density at radius 3 is 2.38 bits per heavy atom. The first kappa shape index (κ1) is 13.5. The zero-order valence-electron chi connectivity index (χ0n) is 10.8. The van der Waals surface area contributed by atoms with Crippen LogP contribution in [-0.4, -0.2) is 23.9 Å². The van der Waals surface area contributed by atoms with E-state index in [0.29, 0.717) is 5.92 Å². The Bertz CT molecular complexity index is 272. The number of hydrogen-bond acceptors (Lipinski definition) is 3. The van der Waals surface area contributed by atoms with Crippen molar-refractivity contribution >= 4 is 0 Å². The van der Waals surface area contributed by atoms with Crippen molar-refractivity contribution in [3.63, 3.8) is 0 Å². The van der Waals surface area contributed by atoms with Crippen molar-refractivity contribution in [1.82, 2.24) is 0 Å². The van der Waals surface area contributed by atoms with E-state index in [1.807, 2.05) is 6.92 Å². The predicted molar refractivity (Wildman–Crippen MR) is 62.8 cm³/mol. The van der Waals surface area contributed by atoms with Gasteiger partial charge in [-0.2, -0.15) is 5.26 Å². The molecule has 2 atom stereocenters. The summed E-state index contributed by atoms with van der Waals surface area (Å²) in [6, 6.07) is 2.36. The second kappa shape index (κ2) is 4.73. The van der Waals surface area contributed by atoms with Crippen LogP contribution in [-0.2, 0) is 4.74 Å². The molecule has 3 nitrogen and oxygen atoms in total. The van der Waals surface area contributed by atoms with Crippen molar-refractivity contribution in [2.24, 2.45) is 11.3 Å². The Labute approximate surface area is 98.4 Å². The lowest BCUT2D eigenvalue weighted by Crippen LogP contribution is -2.54. The Kier molecular flexibility index (Phi) is 3.98. The molecular weight excluding hydrogens is 202 g/mol. The molecule has 1 aliphatic carbocycles. The largest absolute Gasteiger partial charge is 0.386 e. The van der Waals surface area contributed by atoms with Crippen molar-refractivity contribution in [1.29, 1.82) is 5.26 Å². The minimum absolute atomic E-state index is 0.319. The van der Waals surface area contributed by atoms with Gasteiger partial charge in [-0.15, -0.1) is 0 Å². The van der Waals surface area contributed by atoms with Gasteiger partial charge >= 0.3 is 0 Å². The van der Waals surface area contributed by atoms with Crippen LogP contribution in [0.5, 0.6) is 0 Å². The molecule has 0 aromatic heterocycles. The molecule has 1 saturated carbocycles. The number of ether oxygens (including phenoxy) is 1. The normalized spacial score (nSPS) is 36.1. The van der Waals surface area contributed by atoms with Crippen LogP contribution in [0, 0.1) is 22.7 Å². The Morgan fingerprint density at radius 2 is 2.00 bits per heavy atom. The van der Waals surface area contributed by atoms with E-state index in [9.17, 15) is 10.4 Å². The second-order valence-electron chi connectivity index (χ2n) is 5.40. The molecule has 1 fully saturated rings. The fourth-order valence-electron chi connectivity index (χ4n) is 2.60. The van der Waals surface area contributed by atoms with Crippen LogP contribution in [0.4, 0.5) is 0 Å². The highest BCUT2D eigenvalue weighted by Gasteiger charge is 2.52. The Morgan fingerprint density at radius 1 is 1.50 bits per heavy atom. The summed E-state index contributed by atoms with van der Waals surface area (Å²) in [5.74, 6) is 0.662. The van der Waals surface area contributed by atoms with E-state index >= 15 is 0 Å². The summed E-state index contributed by atoms with van der Waals surface area (Å²) in [6.45, 7) is 5.77. The zero-order valence-corrected chi connectivity index (χ0v) is 10.8. The van der Waals surface area contributed by atoms with Crippen LogP contribution in [0.3, 0.4) is 0 Å². The molecule has 1 aliphatic rings. The smallest absolute Gasteiger partial charge is 0.106 e. The van der Waals surface area contributed by atoms with Gasteiger partial charge in [0.25, 0.3) is 0 Å². The van der Waals surface area contributed by atoms with Crippen molar-refractivity contribution in [3.05, 3.63) is 0 Å². The van der Waals surface area contributed by atoms with Crippen LogP contribution in [0.25, 0.3) is 0 Å². The van der Waals surface area contributed by atoms with Gasteiger partial charge in [0, 0.05) is 7.11 Å². The molecule has 0 aliphatic heterocycles. The van der Waals surface area contributed by atoms with E-state index in [1.54, 1.807) is 14.0 Å². The molecule has 3 heteroatoms. The Hall–Kier alpha value is -0.590. The average Bonchev–Trinajstić information content (AvgIpc) is 2.29. The van der Waals surface area contributed by atoms with Gasteiger partial charge in [-0.3, -0.25) is 0 Å². The predicted octanol–water partition coefficient (Wildman–Crippen LogP) is 2.49. The van der Waals surface area contributed by atoms with Crippen LogP contribution in [0.1, 0.15) is 46.5 Å². The fourth-order valence-corrected chi connectivity index (χ4v) is 2.60. The molecule has 0 aromatic rings. The summed E-state index contributed by atoms with van der Waals surface area (Å²) in [5.41, 5.74) is -1.72. The first-order chi connectivity index (χ1) is 7.39. The van der Waals surface area contributed by atoms with E-state index in [1.165, 1.54) is 0 Å². The van der Waals surface area contributed by atoms with E-state index in [-0.39, 0.29) is 6.10 Å². The van der Waals surface area contributed by atoms with Crippen LogP contribution >= 0.6 is 0 Å². The molecular formula is C13H23NO2. The van der Waals surface area contributed by atoms with Crippen molar-refractivity contribution < 1.29 is 9.84 Å². The first-order valence-electron chi connectivity index (χ1n) is 6.06. The molecule has 0 spiro atoms. The summed E-state index contributed by atoms with van der Waals surface area (Å²) in [5, 5.41) is 20.0. The average molecular weight is 225 g/mol. The molecule has 2 unspecified atom stereocenters. The maximum Gasteiger partial charge on any atom is 0.106 e. The lowest BCUT2D eigenvalue weighted by atomic mass is 9.61. The van der Waals surface area contributed by atoms with Crippen molar-refractivity contribution in [2.45, 2.75) is 58.2 Å². The minimum atomic E-state index is -1.07. The quantitative estimate of drug-likeness (QED) is 0.803. The Balaban J connectivity index is 2.93. The molecule has 1 rings (SSSR count). The second-order valence-corrected chi connectivity index (χ2v) is 5.40. The number of aliphatic hydroxyl groups is 1. The third-order valence-corrected chi connectivity index (χ3v) is 4.46. The van der Waals surface area contributed by atoms with E-state index < -0.39 is 11.0 Å². The molecule has 92 valence electrons. The van der Waals surface area contributed by atoms with Gasteiger partial charge in [-0.25, -0.2) is 0 Å². The van der Waals surface area contributed by atoms with Gasteiger partial charge in [-0.1, -0.05) is 6.92 Å².